The van der Waals surface area contributed by atoms with Crippen molar-refractivity contribution in [3.05, 3.63) is 35.9 Å². The number of hydrogen-bond donors (Lipinski definition) is 1. The van der Waals surface area contributed by atoms with Crippen molar-refractivity contribution >= 4 is 6.09 Å². The summed E-state index contributed by atoms with van der Waals surface area (Å²) in [5, 5.41) is 8.97. The molecule has 0 aliphatic carbocycles. The Hall–Kier alpha value is -1.59. The third-order valence-electron chi connectivity index (χ3n) is 3.59. The zero-order valence-corrected chi connectivity index (χ0v) is 12.4. The van der Waals surface area contributed by atoms with E-state index < -0.39 is 0 Å². The van der Waals surface area contributed by atoms with E-state index in [2.05, 4.69) is 0 Å². The molecular formula is C16H23NO4. The SMILES string of the molecule is CC(CO)OC1CCN(C(=O)OCc2ccccc2)CC1. The second-order valence-corrected chi connectivity index (χ2v) is 5.36. The lowest BCUT2D eigenvalue weighted by atomic mass is 10.1. The van der Waals surface area contributed by atoms with Gasteiger partial charge in [-0.05, 0) is 25.3 Å². The van der Waals surface area contributed by atoms with E-state index in [9.17, 15) is 4.79 Å². The lowest BCUT2D eigenvalue weighted by Crippen LogP contribution is -2.42. The summed E-state index contributed by atoms with van der Waals surface area (Å²) < 4.78 is 11.0. The fourth-order valence-electron chi connectivity index (χ4n) is 2.36. The number of rotatable bonds is 5. The van der Waals surface area contributed by atoms with Crippen molar-refractivity contribution in [3.63, 3.8) is 0 Å². The van der Waals surface area contributed by atoms with Crippen LogP contribution in [0.5, 0.6) is 0 Å². The molecule has 1 aliphatic rings. The van der Waals surface area contributed by atoms with Crippen LogP contribution < -0.4 is 0 Å². The van der Waals surface area contributed by atoms with Gasteiger partial charge in [-0.2, -0.15) is 0 Å². The molecule has 0 bridgehead atoms. The number of benzene rings is 1. The Morgan fingerprint density at radius 1 is 1.33 bits per heavy atom. The Morgan fingerprint density at radius 2 is 2.00 bits per heavy atom. The third-order valence-corrected chi connectivity index (χ3v) is 3.59. The minimum Gasteiger partial charge on any atom is -0.445 e. The summed E-state index contributed by atoms with van der Waals surface area (Å²) in [6.45, 7) is 3.45. The number of piperidine rings is 1. The number of amides is 1. The van der Waals surface area contributed by atoms with E-state index in [1.165, 1.54) is 0 Å². The maximum Gasteiger partial charge on any atom is 0.410 e. The number of aliphatic hydroxyl groups excluding tert-OH is 1. The summed E-state index contributed by atoms with van der Waals surface area (Å²) in [4.78, 5) is 13.7. The van der Waals surface area contributed by atoms with E-state index in [0.717, 1.165) is 18.4 Å². The highest BCUT2D eigenvalue weighted by atomic mass is 16.6. The standard InChI is InChI=1S/C16H23NO4/c1-13(11-18)21-15-7-9-17(10-8-15)16(19)20-12-14-5-3-2-4-6-14/h2-6,13,15,18H,7-12H2,1H3. The first kappa shape index (κ1) is 15.8. The van der Waals surface area contributed by atoms with E-state index in [0.29, 0.717) is 19.7 Å². The number of nitrogens with zero attached hydrogens (tertiary/aromatic N) is 1. The van der Waals surface area contributed by atoms with Crippen LogP contribution in [-0.4, -0.2) is 48.0 Å². The number of ether oxygens (including phenoxy) is 2. The fourth-order valence-corrected chi connectivity index (χ4v) is 2.36. The summed E-state index contributed by atoms with van der Waals surface area (Å²) >= 11 is 0. The van der Waals surface area contributed by atoms with Crippen molar-refractivity contribution in [2.75, 3.05) is 19.7 Å². The van der Waals surface area contributed by atoms with Gasteiger partial charge in [-0.25, -0.2) is 4.79 Å². The molecule has 1 aromatic carbocycles. The van der Waals surface area contributed by atoms with Gasteiger partial charge >= 0.3 is 6.09 Å². The quantitative estimate of drug-likeness (QED) is 0.904. The van der Waals surface area contributed by atoms with Gasteiger partial charge < -0.3 is 19.5 Å². The summed E-state index contributed by atoms with van der Waals surface area (Å²) in [5.41, 5.74) is 0.987. The average Bonchev–Trinajstić information content (AvgIpc) is 2.54. The molecule has 1 fully saturated rings. The smallest absolute Gasteiger partial charge is 0.410 e. The molecule has 5 nitrogen and oxygen atoms in total. The molecule has 0 spiro atoms. The maximum absolute atomic E-state index is 12.0. The lowest BCUT2D eigenvalue weighted by molar-refractivity contribution is -0.0531. The Bertz CT molecular complexity index is 429. The van der Waals surface area contributed by atoms with E-state index in [4.69, 9.17) is 14.6 Å². The summed E-state index contributed by atoms with van der Waals surface area (Å²) in [7, 11) is 0. The second kappa shape index (κ2) is 8.00. The molecule has 21 heavy (non-hydrogen) atoms. The van der Waals surface area contributed by atoms with Gasteiger partial charge in [-0.15, -0.1) is 0 Å². The molecule has 1 saturated heterocycles. The number of carbonyl (C=O) groups excluding carboxylic acids is 1. The van der Waals surface area contributed by atoms with Gasteiger partial charge in [0.15, 0.2) is 0 Å². The molecule has 0 radical (unpaired) electrons. The molecule has 0 aromatic heterocycles. The van der Waals surface area contributed by atoms with Gasteiger partial charge in [0, 0.05) is 13.1 Å². The van der Waals surface area contributed by atoms with Crippen LogP contribution in [0.1, 0.15) is 25.3 Å². The zero-order chi connectivity index (χ0) is 15.1. The summed E-state index contributed by atoms with van der Waals surface area (Å²) in [6, 6.07) is 9.65. The van der Waals surface area contributed by atoms with Crippen LogP contribution in [0.3, 0.4) is 0 Å². The van der Waals surface area contributed by atoms with Crippen molar-refractivity contribution < 1.29 is 19.4 Å². The van der Waals surface area contributed by atoms with Gasteiger partial charge in [0.25, 0.3) is 0 Å². The van der Waals surface area contributed by atoms with Crippen molar-refractivity contribution in [3.8, 4) is 0 Å². The van der Waals surface area contributed by atoms with Crippen LogP contribution in [0.15, 0.2) is 30.3 Å². The number of carbonyl (C=O) groups is 1. The number of aliphatic hydroxyl groups is 1. The first-order chi connectivity index (χ1) is 10.2. The third kappa shape index (κ3) is 5.02. The molecule has 1 N–H and O–H groups in total. The highest BCUT2D eigenvalue weighted by Crippen LogP contribution is 2.16. The predicted octanol–water partition coefficient (Wildman–Crippen LogP) is 2.19. The Morgan fingerprint density at radius 3 is 2.62 bits per heavy atom. The molecular weight excluding hydrogens is 270 g/mol. The average molecular weight is 293 g/mol. The minimum absolute atomic E-state index is 0.0271. The fraction of sp³-hybridized carbons (Fsp3) is 0.562. The van der Waals surface area contributed by atoms with Crippen molar-refractivity contribution in [1.29, 1.82) is 0 Å². The predicted molar refractivity (Wildman–Crippen MR) is 78.9 cm³/mol. The highest BCUT2D eigenvalue weighted by Gasteiger charge is 2.25. The first-order valence-electron chi connectivity index (χ1n) is 7.41. The van der Waals surface area contributed by atoms with E-state index in [-0.39, 0.29) is 24.9 Å². The molecule has 116 valence electrons. The molecule has 2 rings (SSSR count). The Kier molecular flexibility index (Phi) is 6.02. The van der Waals surface area contributed by atoms with Crippen LogP contribution >= 0.6 is 0 Å². The van der Waals surface area contributed by atoms with Crippen LogP contribution in [0.2, 0.25) is 0 Å². The van der Waals surface area contributed by atoms with Crippen LogP contribution in [-0.2, 0) is 16.1 Å². The first-order valence-corrected chi connectivity index (χ1v) is 7.41. The van der Waals surface area contributed by atoms with Crippen LogP contribution in [0.4, 0.5) is 4.79 Å². The molecule has 1 atom stereocenters. The largest absolute Gasteiger partial charge is 0.445 e. The molecule has 1 amide bonds. The second-order valence-electron chi connectivity index (χ2n) is 5.36. The van der Waals surface area contributed by atoms with Crippen LogP contribution in [0.25, 0.3) is 0 Å². The monoisotopic (exact) mass is 293 g/mol. The zero-order valence-electron chi connectivity index (χ0n) is 12.4. The minimum atomic E-state index is -0.271. The van der Waals surface area contributed by atoms with E-state index in [1.807, 2.05) is 37.3 Å². The summed E-state index contributed by atoms with van der Waals surface area (Å²) in [5.74, 6) is 0. The van der Waals surface area contributed by atoms with E-state index >= 15 is 0 Å². The Balaban J connectivity index is 1.70. The van der Waals surface area contributed by atoms with Gasteiger partial charge in [0.1, 0.15) is 6.61 Å². The van der Waals surface area contributed by atoms with Crippen molar-refractivity contribution in [2.24, 2.45) is 0 Å². The molecule has 0 saturated carbocycles. The molecule has 1 aliphatic heterocycles. The molecule has 1 heterocycles. The van der Waals surface area contributed by atoms with Crippen molar-refractivity contribution in [2.45, 2.75) is 38.6 Å². The number of likely N-dealkylation sites (tertiary alicyclic amines) is 1. The number of hydrogen-bond acceptors (Lipinski definition) is 4. The van der Waals surface area contributed by atoms with Crippen LogP contribution in [0, 0.1) is 0 Å². The van der Waals surface area contributed by atoms with E-state index in [1.54, 1.807) is 4.90 Å². The maximum atomic E-state index is 12.0. The van der Waals surface area contributed by atoms with Gasteiger partial charge in [0.05, 0.1) is 18.8 Å². The molecule has 1 unspecified atom stereocenters. The summed E-state index contributed by atoms with van der Waals surface area (Å²) in [6.07, 6.45) is 1.26. The molecule has 1 aromatic rings. The molecule has 5 heteroatoms. The normalized spacial score (nSPS) is 17.5. The lowest BCUT2D eigenvalue weighted by Gasteiger charge is -2.32. The topological polar surface area (TPSA) is 59.0 Å². The van der Waals surface area contributed by atoms with Crippen molar-refractivity contribution in [1.82, 2.24) is 4.90 Å². The van der Waals surface area contributed by atoms with Gasteiger partial charge in [-0.1, -0.05) is 30.3 Å². The van der Waals surface area contributed by atoms with Gasteiger partial charge in [0.2, 0.25) is 0 Å². The van der Waals surface area contributed by atoms with Gasteiger partial charge in [-0.3, -0.25) is 0 Å². The Labute approximate surface area is 125 Å². The highest BCUT2D eigenvalue weighted by molar-refractivity contribution is 5.67.